The van der Waals surface area contributed by atoms with Crippen molar-refractivity contribution in [1.29, 1.82) is 0 Å². The Morgan fingerprint density at radius 3 is 2.39 bits per heavy atom. The van der Waals surface area contributed by atoms with Crippen molar-refractivity contribution >= 4 is 22.4 Å². The van der Waals surface area contributed by atoms with E-state index in [2.05, 4.69) is 38.0 Å². The van der Waals surface area contributed by atoms with E-state index in [9.17, 15) is 4.79 Å². The summed E-state index contributed by atoms with van der Waals surface area (Å²) < 4.78 is 0. The summed E-state index contributed by atoms with van der Waals surface area (Å²) in [7, 11) is 0. The Labute approximate surface area is 112 Å². The molecule has 18 heavy (non-hydrogen) atoms. The molecular formula is C13H21N3OS. The zero-order valence-corrected chi connectivity index (χ0v) is 12.4. The highest BCUT2D eigenvalue weighted by atomic mass is 32.1. The lowest BCUT2D eigenvalue weighted by Gasteiger charge is -2.03. The minimum Gasteiger partial charge on any atom is -0.323 e. The first-order chi connectivity index (χ1) is 8.18. The lowest BCUT2D eigenvalue weighted by Crippen LogP contribution is -2.17. The van der Waals surface area contributed by atoms with Crippen LogP contribution in [0.15, 0.2) is 5.38 Å². The van der Waals surface area contributed by atoms with Crippen LogP contribution in [0.25, 0.3) is 0 Å². The van der Waals surface area contributed by atoms with Crippen LogP contribution in [0.1, 0.15) is 46.4 Å². The summed E-state index contributed by atoms with van der Waals surface area (Å²) in [6, 6.07) is -0.0966. The van der Waals surface area contributed by atoms with Gasteiger partial charge in [-0.25, -0.2) is 4.98 Å². The van der Waals surface area contributed by atoms with Crippen molar-refractivity contribution < 1.29 is 4.79 Å². The molecule has 4 nitrogen and oxygen atoms in total. The maximum atomic E-state index is 12.2. The molecule has 2 rings (SSSR count). The highest BCUT2D eigenvalue weighted by Crippen LogP contribution is 2.68. The number of carbonyl (C=O) groups excluding carboxylic acids is 1. The fourth-order valence-corrected chi connectivity index (χ4v) is 3.40. The van der Waals surface area contributed by atoms with Gasteiger partial charge in [0.15, 0.2) is 5.13 Å². The van der Waals surface area contributed by atoms with Gasteiger partial charge in [-0.15, -0.1) is 11.3 Å². The summed E-state index contributed by atoms with van der Waals surface area (Å²) >= 11 is 1.43. The van der Waals surface area contributed by atoms with Crippen LogP contribution in [0.5, 0.6) is 0 Å². The normalized spacial score (nSPS) is 22.6. The SMILES string of the molecule is CC(N)c1csc(NC(=O)C2C(C)(C)C2(C)C)n1. The predicted molar refractivity (Wildman–Crippen MR) is 74.4 cm³/mol. The molecule has 1 aromatic rings. The van der Waals surface area contributed by atoms with Crippen molar-refractivity contribution in [3.05, 3.63) is 11.1 Å². The second-order valence-electron chi connectivity index (χ2n) is 6.23. The van der Waals surface area contributed by atoms with Gasteiger partial charge < -0.3 is 11.1 Å². The van der Waals surface area contributed by atoms with Crippen molar-refractivity contribution in [3.63, 3.8) is 0 Å². The molecule has 0 saturated heterocycles. The van der Waals surface area contributed by atoms with Crippen molar-refractivity contribution in [3.8, 4) is 0 Å². The number of nitrogens with two attached hydrogens (primary N) is 1. The van der Waals surface area contributed by atoms with Gasteiger partial charge in [-0.2, -0.15) is 0 Å². The molecule has 0 radical (unpaired) electrons. The van der Waals surface area contributed by atoms with Crippen LogP contribution < -0.4 is 11.1 Å². The fourth-order valence-electron chi connectivity index (χ4n) is 2.58. The van der Waals surface area contributed by atoms with E-state index < -0.39 is 0 Å². The first-order valence-corrected chi connectivity index (χ1v) is 7.07. The zero-order chi connectivity index (χ0) is 13.7. The number of nitrogens with one attached hydrogen (secondary N) is 1. The van der Waals surface area contributed by atoms with Crippen LogP contribution >= 0.6 is 11.3 Å². The number of rotatable bonds is 3. The van der Waals surface area contributed by atoms with Gasteiger partial charge in [-0.3, -0.25) is 4.79 Å². The number of aromatic nitrogens is 1. The first kappa shape index (κ1) is 13.5. The summed E-state index contributed by atoms with van der Waals surface area (Å²) in [6.45, 7) is 10.4. The van der Waals surface area contributed by atoms with Gasteiger partial charge in [0, 0.05) is 17.3 Å². The third kappa shape index (κ3) is 1.95. The maximum absolute atomic E-state index is 12.2. The van der Waals surface area contributed by atoms with Gasteiger partial charge in [0.2, 0.25) is 5.91 Å². The zero-order valence-electron chi connectivity index (χ0n) is 11.6. The monoisotopic (exact) mass is 267 g/mol. The molecule has 1 saturated carbocycles. The third-order valence-electron chi connectivity index (χ3n) is 4.50. The molecule has 0 spiro atoms. The molecule has 1 aromatic heterocycles. The van der Waals surface area contributed by atoms with Crippen LogP contribution in [0.2, 0.25) is 0 Å². The maximum Gasteiger partial charge on any atom is 0.230 e. The van der Waals surface area contributed by atoms with E-state index in [-0.39, 0.29) is 28.7 Å². The Bertz CT molecular complexity index is 462. The van der Waals surface area contributed by atoms with E-state index in [0.717, 1.165) is 5.69 Å². The minimum atomic E-state index is -0.0966. The average molecular weight is 267 g/mol. The summed E-state index contributed by atoms with van der Waals surface area (Å²) in [6.07, 6.45) is 0. The largest absolute Gasteiger partial charge is 0.323 e. The molecule has 1 unspecified atom stereocenters. The second-order valence-corrected chi connectivity index (χ2v) is 7.09. The smallest absolute Gasteiger partial charge is 0.230 e. The number of hydrogen-bond acceptors (Lipinski definition) is 4. The number of amides is 1. The van der Waals surface area contributed by atoms with Gasteiger partial charge >= 0.3 is 0 Å². The van der Waals surface area contributed by atoms with Gasteiger partial charge in [-0.05, 0) is 17.8 Å². The van der Waals surface area contributed by atoms with Crippen LogP contribution in [-0.2, 0) is 4.79 Å². The van der Waals surface area contributed by atoms with E-state index in [1.807, 2.05) is 12.3 Å². The van der Waals surface area contributed by atoms with E-state index in [0.29, 0.717) is 5.13 Å². The number of nitrogens with zero attached hydrogens (tertiary/aromatic N) is 1. The van der Waals surface area contributed by atoms with Crippen LogP contribution in [0.4, 0.5) is 5.13 Å². The van der Waals surface area contributed by atoms with Gasteiger partial charge in [0.05, 0.1) is 5.69 Å². The van der Waals surface area contributed by atoms with Crippen LogP contribution in [-0.4, -0.2) is 10.9 Å². The fraction of sp³-hybridized carbons (Fsp3) is 0.692. The third-order valence-corrected chi connectivity index (χ3v) is 5.28. The molecule has 1 heterocycles. The highest BCUT2D eigenvalue weighted by molar-refractivity contribution is 7.13. The molecule has 1 aliphatic carbocycles. The molecular weight excluding hydrogens is 246 g/mol. The Morgan fingerprint density at radius 2 is 2.00 bits per heavy atom. The van der Waals surface area contributed by atoms with Gasteiger partial charge in [0.25, 0.3) is 0 Å². The Balaban J connectivity index is 2.05. The van der Waals surface area contributed by atoms with E-state index in [1.165, 1.54) is 11.3 Å². The molecule has 1 amide bonds. The van der Waals surface area contributed by atoms with Crippen LogP contribution in [0, 0.1) is 16.7 Å². The highest BCUT2D eigenvalue weighted by Gasteiger charge is 2.68. The van der Waals surface area contributed by atoms with Crippen molar-refractivity contribution in [1.82, 2.24) is 4.98 Å². The Morgan fingerprint density at radius 1 is 1.44 bits per heavy atom. The quantitative estimate of drug-likeness (QED) is 0.885. The molecule has 1 aliphatic rings. The Kier molecular flexibility index (Phi) is 3.02. The molecule has 0 aliphatic heterocycles. The average Bonchev–Trinajstić information content (AvgIpc) is 2.60. The Hall–Kier alpha value is -0.940. The van der Waals surface area contributed by atoms with Gasteiger partial charge in [0.1, 0.15) is 0 Å². The lowest BCUT2D eigenvalue weighted by molar-refractivity contribution is -0.118. The topological polar surface area (TPSA) is 68.0 Å². The van der Waals surface area contributed by atoms with Gasteiger partial charge in [-0.1, -0.05) is 27.7 Å². The van der Waals surface area contributed by atoms with E-state index in [1.54, 1.807) is 0 Å². The van der Waals surface area contributed by atoms with Crippen molar-refractivity contribution in [2.24, 2.45) is 22.5 Å². The summed E-state index contributed by atoms with van der Waals surface area (Å²) in [4.78, 5) is 16.5. The standard InChI is InChI=1S/C13H21N3OS/c1-7(14)8-6-18-11(15-8)16-10(17)9-12(2,3)13(9,4)5/h6-7,9H,14H2,1-5H3,(H,15,16,17). The first-order valence-electron chi connectivity index (χ1n) is 6.20. The summed E-state index contributed by atoms with van der Waals surface area (Å²) in [5.41, 5.74) is 6.68. The molecule has 100 valence electrons. The van der Waals surface area contributed by atoms with Crippen molar-refractivity contribution in [2.45, 2.75) is 40.7 Å². The molecule has 1 fully saturated rings. The molecule has 3 N–H and O–H groups in total. The molecule has 0 bridgehead atoms. The summed E-state index contributed by atoms with van der Waals surface area (Å²) in [5, 5.41) is 5.44. The molecule has 5 heteroatoms. The van der Waals surface area contributed by atoms with Crippen LogP contribution in [0.3, 0.4) is 0 Å². The predicted octanol–water partition coefficient (Wildman–Crippen LogP) is 2.78. The molecule has 1 atom stereocenters. The summed E-state index contributed by atoms with van der Waals surface area (Å²) in [5.74, 6) is 0.114. The second kappa shape index (κ2) is 4.03. The molecule has 0 aromatic carbocycles. The van der Waals surface area contributed by atoms with E-state index in [4.69, 9.17) is 5.73 Å². The minimum absolute atomic E-state index is 0.0487. The number of carbonyl (C=O) groups is 1. The number of hydrogen-bond donors (Lipinski definition) is 2. The number of thiazole rings is 1. The van der Waals surface area contributed by atoms with Crippen molar-refractivity contribution in [2.75, 3.05) is 5.32 Å². The lowest BCUT2D eigenvalue weighted by atomic mass is 10.0. The van der Waals surface area contributed by atoms with E-state index >= 15 is 0 Å². The number of anilines is 1.